The lowest BCUT2D eigenvalue weighted by Crippen LogP contribution is -2.10. The Hall–Kier alpha value is -0.0700. The van der Waals surface area contributed by atoms with E-state index in [1.54, 1.807) is 0 Å². The van der Waals surface area contributed by atoms with Gasteiger partial charge in [-0.15, -0.1) is 0 Å². The Balaban J connectivity index is 0. The molecule has 0 saturated heterocycles. The van der Waals surface area contributed by atoms with E-state index < -0.39 is 0 Å². The topological polar surface area (TPSA) is 0 Å². The zero-order chi connectivity index (χ0) is 13.8. The van der Waals surface area contributed by atoms with Gasteiger partial charge in [0.1, 0.15) is 0 Å². The first-order chi connectivity index (χ1) is 7.97. The average molecular weight is 246 g/mol. The smallest absolute Gasteiger partial charge is 0.0785 e. The Morgan fingerprint density at radius 3 is 1.47 bits per heavy atom. The van der Waals surface area contributed by atoms with Crippen molar-refractivity contribution in [1.29, 1.82) is 0 Å². The van der Waals surface area contributed by atoms with E-state index >= 15 is 0 Å². The van der Waals surface area contributed by atoms with Gasteiger partial charge in [0.25, 0.3) is 0 Å². The third-order valence-electron chi connectivity index (χ3n) is 3.98. The second-order valence-electron chi connectivity index (χ2n) is 6.02. The Morgan fingerprint density at radius 1 is 0.706 bits per heavy atom. The van der Waals surface area contributed by atoms with Gasteiger partial charge in [-0.25, -0.2) is 0 Å². The van der Waals surface area contributed by atoms with Crippen LogP contribution in [0.2, 0.25) is 0 Å². The monoisotopic (exact) mass is 246 g/mol. The lowest BCUT2D eigenvalue weighted by atomic mass is 9.84. The molecule has 0 aromatic carbocycles. The van der Waals surface area contributed by atoms with Crippen LogP contribution in [0, 0.1) is 23.7 Å². The molecule has 3 atom stereocenters. The predicted molar refractivity (Wildman–Crippen MR) is 78.1 cm³/mol. The van der Waals surface area contributed by atoms with Gasteiger partial charge in [-0.3, -0.25) is 4.39 Å². The van der Waals surface area contributed by atoms with Crippen LogP contribution < -0.4 is 0 Å². The van der Waals surface area contributed by atoms with E-state index in [0.29, 0.717) is 7.18 Å². The maximum atomic E-state index is 9.50. The summed E-state index contributed by atoms with van der Waals surface area (Å²) in [5.41, 5.74) is 0. The van der Waals surface area contributed by atoms with Crippen molar-refractivity contribution in [2.24, 2.45) is 23.7 Å². The van der Waals surface area contributed by atoms with Crippen LogP contribution in [-0.2, 0) is 0 Å². The molecule has 0 rings (SSSR count). The summed E-state index contributed by atoms with van der Waals surface area (Å²) in [6, 6.07) is 0. The summed E-state index contributed by atoms with van der Waals surface area (Å²) < 4.78 is 9.50. The lowest BCUT2D eigenvalue weighted by Gasteiger charge is -2.22. The minimum absolute atomic E-state index is 0.500. The van der Waals surface area contributed by atoms with Crippen LogP contribution >= 0.6 is 0 Å². The first-order valence-electron chi connectivity index (χ1n) is 7.35. The van der Waals surface area contributed by atoms with Gasteiger partial charge in [0, 0.05) is 0 Å². The summed E-state index contributed by atoms with van der Waals surface area (Å²) in [5.74, 6) is 3.62. The predicted octanol–water partition coefficient (Wildman–Crippen LogP) is 6.11. The highest BCUT2D eigenvalue weighted by molar-refractivity contribution is 4.65. The zero-order valence-corrected chi connectivity index (χ0v) is 13.2. The van der Waals surface area contributed by atoms with Gasteiger partial charge in [0.2, 0.25) is 0 Å². The van der Waals surface area contributed by atoms with Crippen molar-refractivity contribution in [3.63, 3.8) is 0 Å². The minimum Gasteiger partial charge on any atom is -0.255 e. The summed E-state index contributed by atoms with van der Waals surface area (Å²) in [7, 11) is 0.500. The molecule has 0 aliphatic rings. The van der Waals surface area contributed by atoms with Crippen molar-refractivity contribution in [3.05, 3.63) is 0 Å². The van der Waals surface area contributed by atoms with E-state index in [9.17, 15) is 4.39 Å². The van der Waals surface area contributed by atoms with E-state index in [1.807, 2.05) is 0 Å². The van der Waals surface area contributed by atoms with Crippen LogP contribution in [0.1, 0.15) is 73.6 Å². The molecule has 0 bridgehead atoms. The fourth-order valence-electron chi connectivity index (χ4n) is 1.92. The van der Waals surface area contributed by atoms with Crippen molar-refractivity contribution in [2.45, 2.75) is 73.6 Å². The molecule has 0 amide bonds. The van der Waals surface area contributed by atoms with Crippen molar-refractivity contribution in [2.75, 3.05) is 7.18 Å². The van der Waals surface area contributed by atoms with Crippen molar-refractivity contribution >= 4 is 0 Å². The van der Waals surface area contributed by atoms with Gasteiger partial charge in [-0.05, 0) is 23.7 Å². The molecule has 0 saturated carbocycles. The standard InChI is InChI=1S/C15H32.CH3F/c1-7-13(4)9-11-15(6)14(5)10-8-12(2)3;1-2/h12-15H,7-11H2,1-6H3;1H3/t13-,14?,15?;/m1./s1. The van der Waals surface area contributed by atoms with E-state index in [-0.39, 0.29) is 0 Å². The molecule has 2 unspecified atom stereocenters. The number of hydrogen-bond acceptors (Lipinski definition) is 0. The molecule has 106 valence electrons. The molecule has 0 aliphatic heterocycles. The number of alkyl halides is 1. The Kier molecular flexibility index (Phi) is 14.0. The van der Waals surface area contributed by atoms with Crippen LogP contribution in [-0.4, -0.2) is 7.18 Å². The van der Waals surface area contributed by atoms with Crippen LogP contribution in [0.5, 0.6) is 0 Å². The highest BCUT2D eigenvalue weighted by Gasteiger charge is 2.13. The minimum atomic E-state index is 0.500. The largest absolute Gasteiger partial charge is 0.255 e. The molecule has 1 heteroatoms. The molecular formula is C16H35F. The molecule has 0 spiro atoms. The van der Waals surface area contributed by atoms with E-state index in [1.165, 1.54) is 32.1 Å². The molecule has 17 heavy (non-hydrogen) atoms. The quantitative estimate of drug-likeness (QED) is 0.485. The van der Waals surface area contributed by atoms with Crippen LogP contribution in [0.15, 0.2) is 0 Å². The third-order valence-corrected chi connectivity index (χ3v) is 3.98. The first kappa shape index (κ1) is 19.3. The van der Waals surface area contributed by atoms with Crippen molar-refractivity contribution in [1.82, 2.24) is 0 Å². The molecule has 0 nitrogen and oxygen atoms in total. The average Bonchev–Trinajstić information content (AvgIpc) is 2.34. The maximum Gasteiger partial charge on any atom is 0.0785 e. The Bertz CT molecular complexity index is 142. The lowest BCUT2D eigenvalue weighted by molar-refractivity contribution is 0.298. The van der Waals surface area contributed by atoms with E-state index in [0.717, 1.165) is 23.7 Å². The molecule has 0 aromatic heterocycles. The van der Waals surface area contributed by atoms with Crippen LogP contribution in [0.3, 0.4) is 0 Å². The van der Waals surface area contributed by atoms with Gasteiger partial charge < -0.3 is 0 Å². The van der Waals surface area contributed by atoms with Gasteiger partial charge in [0.05, 0.1) is 7.18 Å². The summed E-state index contributed by atoms with van der Waals surface area (Å²) in [6.07, 6.45) is 7.00. The third kappa shape index (κ3) is 12.2. The molecule has 0 aromatic rings. The summed E-state index contributed by atoms with van der Waals surface area (Å²) in [4.78, 5) is 0. The molecule has 0 fully saturated rings. The van der Waals surface area contributed by atoms with Crippen LogP contribution in [0.4, 0.5) is 4.39 Å². The number of halogens is 1. The SMILES string of the molecule is CC[C@@H](C)CCC(C)C(C)CCC(C)C.CF. The zero-order valence-electron chi connectivity index (χ0n) is 13.2. The Morgan fingerprint density at radius 2 is 1.12 bits per heavy atom. The molecule has 0 heterocycles. The van der Waals surface area contributed by atoms with E-state index in [4.69, 9.17) is 0 Å². The number of hydrogen-bond donors (Lipinski definition) is 0. The number of rotatable bonds is 8. The highest BCUT2D eigenvalue weighted by atomic mass is 19.1. The summed E-state index contributed by atoms with van der Waals surface area (Å²) >= 11 is 0. The molecule has 0 radical (unpaired) electrons. The van der Waals surface area contributed by atoms with E-state index in [2.05, 4.69) is 41.5 Å². The van der Waals surface area contributed by atoms with Gasteiger partial charge in [-0.1, -0.05) is 73.6 Å². The van der Waals surface area contributed by atoms with Gasteiger partial charge in [-0.2, -0.15) is 0 Å². The van der Waals surface area contributed by atoms with Crippen molar-refractivity contribution in [3.8, 4) is 0 Å². The molecule has 0 aliphatic carbocycles. The maximum absolute atomic E-state index is 9.50. The van der Waals surface area contributed by atoms with Crippen LogP contribution in [0.25, 0.3) is 0 Å². The fourth-order valence-corrected chi connectivity index (χ4v) is 1.92. The van der Waals surface area contributed by atoms with Gasteiger partial charge in [0.15, 0.2) is 0 Å². The Labute approximate surface area is 109 Å². The first-order valence-corrected chi connectivity index (χ1v) is 7.35. The molecular weight excluding hydrogens is 211 g/mol. The molecule has 0 N–H and O–H groups in total. The highest BCUT2D eigenvalue weighted by Crippen LogP contribution is 2.25. The normalized spacial score (nSPS) is 16.1. The second kappa shape index (κ2) is 12.4. The van der Waals surface area contributed by atoms with Gasteiger partial charge >= 0.3 is 0 Å². The van der Waals surface area contributed by atoms with Crippen molar-refractivity contribution < 1.29 is 4.39 Å². The second-order valence-corrected chi connectivity index (χ2v) is 6.02. The fraction of sp³-hybridized carbons (Fsp3) is 1.00. The summed E-state index contributed by atoms with van der Waals surface area (Å²) in [6.45, 7) is 14.2. The summed E-state index contributed by atoms with van der Waals surface area (Å²) in [5, 5.41) is 0.